The Hall–Kier alpha value is -2.17. The number of carbonyl (C=O) groups excluding carboxylic acids is 1. The van der Waals surface area contributed by atoms with E-state index in [9.17, 15) is 15.0 Å². The Bertz CT molecular complexity index is 564. The number of para-hydroxylation sites is 1. The fraction of sp³-hybridized carbons (Fsp3) is 0.0714. The second kappa shape index (κ2) is 4.60. The van der Waals surface area contributed by atoms with E-state index in [-0.39, 0.29) is 16.9 Å². The maximum Gasteiger partial charge on any atom is 0.214 e. The van der Waals surface area contributed by atoms with Crippen LogP contribution in [0.2, 0.25) is 0 Å². The highest BCUT2D eigenvalue weighted by atomic mass is 16.3. The van der Waals surface area contributed by atoms with Crippen molar-refractivity contribution >= 4 is 5.78 Å². The fourth-order valence-electron chi connectivity index (χ4n) is 1.73. The summed E-state index contributed by atoms with van der Waals surface area (Å²) in [4.78, 5) is 12.1. The van der Waals surface area contributed by atoms with E-state index in [0.29, 0.717) is 0 Å². The molecule has 0 bridgehead atoms. The SMILES string of the molecule is NC(O)(C(=O)c1ccccc1)c1ccccc1O. The van der Waals surface area contributed by atoms with E-state index >= 15 is 0 Å². The highest BCUT2D eigenvalue weighted by Crippen LogP contribution is 2.27. The van der Waals surface area contributed by atoms with E-state index < -0.39 is 11.5 Å². The molecule has 0 amide bonds. The van der Waals surface area contributed by atoms with Gasteiger partial charge in [-0.2, -0.15) is 0 Å². The maximum atomic E-state index is 12.1. The van der Waals surface area contributed by atoms with Gasteiger partial charge in [0.05, 0.1) is 0 Å². The molecule has 0 heterocycles. The summed E-state index contributed by atoms with van der Waals surface area (Å²) in [6.45, 7) is 0. The first-order chi connectivity index (χ1) is 8.53. The fourth-order valence-corrected chi connectivity index (χ4v) is 1.73. The summed E-state index contributed by atoms with van der Waals surface area (Å²) in [5.41, 5.74) is 3.69. The molecule has 4 heteroatoms. The van der Waals surface area contributed by atoms with Gasteiger partial charge in [0.25, 0.3) is 0 Å². The number of Topliss-reactive ketones (excluding diaryl/α,β-unsaturated/α-hetero) is 1. The first-order valence-corrected chi connectivity index (χ1v) is 5.43. The zero-order chi connectivity index (χ0) is 13.2. The number of benzene rings is 2. The lowest BCUT2D eigenvalue weighted by Crippen LogP contribution is -2.44. The number of aliphatic hydroxyl groups is 1. The average Bonchev–Trinajstić information content (AvgIpc) is 2.39. The van der Waals surface area contributed by atoms with Crippen LogP contribution in [0.1, 0.15) is 15.9 Å². The molecule has 1 atom stereocenters. The van der Waals surface area contributed by atoms with Gasteiger partial charge in [0.1, 0.15) is 5.75 Å². The summed E-state index contributed by atoms with van der Waals surface area (Å²) in [5, 5.41) is 19.8. The molecule has 4 N–H and O–H groups in total. The number of nitrogens with two attached hydrogens (primary N) is 1. The molecular formula is C14H13NO3. The van der Waals surface area contributed by atoms with Crippen LogP contribution >= 0.6 is 0 Å². The van der Waals surface area contributed by atoms with E-state index in [2.05, 4.69) is 0 Å². The normalized spacial score (nSPS) is 13.9. The lowest BCUT2D eigenvalue weighted by Gasteiger charge is -2.22. The van der Waals surface area contributed by atoms with Gasteiger partial charge >= 0.3 is 0 Å². The molecule has 0 aliphatic heterocycles. The smallest absolute Gasteiger partial charge is 0.214 e. The second-order valence-electron chi connectivity index (χ2n) is 3.98. The first kappa shape index (κ1) is 12.3. The van der Waals surface area contributed by atoms with Crippen LogP contribution in [0.3, 0.4) is 0 Å². The van der Waals surface area contributed by atoms with E-state index in [4.69, 9.17) is 5.73 Å². The predicted octanol–water partition coefficient (Wildman–Crippen LogP) is 1.38. The van der Waals surface area contributed by atoms with Gasteiger partial charge in [0, 0.05) is 11.1 Å². The van der Waals surface area contributed by atoms with Crippen molar-refractivity contribution < 1.29 is 15.0 Å². The van der Waals surface area contributed by atoms with Crippen molar-refractivity contribution in [3.05, 3.63) is 65.7 Å². The molecule has 0 saturated carbocycles. The molecule has 2 aromatic carbocycles. The molecule has 92 valence electrons. The number of hydrogen-bond acceptors (Lipinski definition) is 4. The van der Waals surface area contributed by atoms with Gasteiger partial charge in [-0.1, -0.05) is 48.5 Å². The van der Waals surface area contributed by atoms with Gasteiger partial charge in [0.15, 0.2) is 0 Å². The van der Waals surface area contributed by atoms with Crippen LogP contribution in [0.15, 0.2) is 54.6 Å². The number of phenols is 1. The van der Waals surface area contributed by atoms with Crippen LogP contribution < -0.4 is 5.73 Å². The summed E-state index contributed by atoms with van der Waals surface area (Å²) in [6, 6.07) is 14.2. The Kier molecular flexibility index (Phi) is 3.14. The lowest BCUT2D eigenvalue weighted by molar-refractivity contribution is 0.0319. The zero-order valence-electron chi connectivity index (χ0n) is 9.58. The van der Waals surface area contributed by atoms with Crippen molar-refractivity contribution in [2.75, 3.05) is 0 Å². The quantitative estimate of drug-likeness (QED) is 0.561. The van der Waals surface area contributed by atoms with Crippen LogP contribution in [0, 0.1) is 0 Å². The lowest BCUT2D eigenvalue weighted by atomic mass is 9.93. The van der Waals surface area contributed by atoms with Gasteiger partial charge in [0.2, 0.25) is 11.5 Å². The zero-order valence-corrected chi connectivity index (χ0v) is 9.58. The number of phenolic OH excluding ortho intramolecular Hbond substituents is 1. The summed E-state index contributed by atoms with van der Waals surface area (Å²) in [7, 11) is 0. The molecule has 0 aromatic heterocycles. The third-order valence-electron chi connectivity index (χ3n) is 2.70. The van der Waals surface area contributed by atoms with Crippen LogP contribution in [0.25, 0.3) is 0 Å². The molecular weight excluding hydrogens is 230 g/mol. The Morgan fingerprint density at radius 3 is 2.17 bits per heavy atom. The first-order valence-electron chi connectivity index (χ1n) is 5.43. The molecule has 0 fully saturated rings. The van der Waals surface area contributed by atoms with Gasteiger partial charge in [-0.05, 0) is 6.07 Å². The molecule has 18 heavy (non-hydrogen) atoms. The molecule has 0 saturated heterocycles. The minimum absolute atomic E-state index is 0.0150. The van der Waals surface area contributed by atoms with Crippen molar-refractivity contribution in [3.63, 3.8) is 0 Å². The highest BCUT2D eigenvalue weighted by molar-refractivity contribution is 6.02. The minimum atomic E-state index is -2.24. The highest BCUT2D eigenvalue weighted by Gasteiger charge is 2.36. The summed E-state index contributed by atoms with van der Waals surface area (Å²) in [6.07, 6.45) is 0. The van der Waals surface area contributed by atoms with Crippen molar-refractivity contribution in [3.8, 4) is 5.75 Å². The van der Waals surface area contributed by atoms with Crippen LogP contribution in [0.4, 0.5) is 0 Å². The molecule has 0 aliphatic carbocycles. The van der Waals surface area contributed by atoms with Gasteiger partial charge in [-0.3, -0.25) is 10.5 Å². The van der Waals surface area contributed by atoms with E-state index in [1.165, 1.54) is 12.1 Å². The molecule has 0 radical (unpaired) electrons. The largest absolute Gasteiger partial charge is 0.507 e. The summed E-state index contributed by atoms with van der Waals surface area (Å²) in [5.74, 6) is -0.878. The number of hydrogen-bond donors (Lipinski definition) is 3. The van der Waals surface area contributed by atoms with Crippen LogP contribution in [-0.4, -0.2) is 16.0 Å². The monoisotopic (exact) mass is 243 g/mol. The van der Waals surface area contributed by atoms with Gasteiger partial charge in [-0.25, -0.2) is 0 Å². The van der Waals surface area contributed by atoms with Crippen molar-refractivity contribution in [1.29, 1.82) is 0 Å². The number of aromatic hydroxyl groups is 1. The van der Waals surface area contributed by atoms with Crippen molar-refractivity contribution in [2.24, 2.45) is 5.73 Å². The topological polar surface area (TPSA) is 83.5 Å². The van der Waals surface area contributed by atoms with Crippen LogP contribution in [-0.2, 0) is 5.72 Å². The molecule has 2 aromatic rings. The van der Waals surface area contributed by atoms with Crippen molar-refractivity contribution in [1.82, 2.24) is 0 Å². The summed E-state index contributed by atoms with van der Waals surface area (Å²) < 4.78 is 0. The molecule has 2 rings (SSSR count). The second-order valence-corrected chi connectivity index (χ2v) is 3.98. The van der Waals surface area contributed by atoms with Gasteiger partial charge in [-0.15, -0.1) is 0 Å². The molecule has 0 aliphatic rings. The Labute approximate surface area is 104 Å². The average molecular weight is 243 g/mol. The van der Waals surface area contributed by atoms with E-state index in [0.717, 1.165) is 0 Å². The Morgan fingerprint density at radius 1 is 1.00 bits per heavy atom. The molecule has 0 spiro atoms. The van der Waals surface area contributed by atoms with E-state index in [1.54, 1.807) is 42.5 Å². The number of rotatable bonds is 3. The predicted molar refractivity (Wildman–Crippen MR) is 67.0 cm³/mol. The molecule has 1 unspecified atom stereocenters. The standard InChI is InChI=1S/C14H13NO3/c15-14(18,11-8-4-5-9-12(11)16)13(17)10-6-2-1-3-7-10/h1-9,16,18H,15H2. The molecule has 4 nitrogen and oxygen atoms in total. The minimum Gasteiger partial charge on any atom is -0.507 e. The number of carbonyl (C=O) groups is 1. The third kappa shape index (κ3) is 2.11. The summed E-state index contributed by atoms with van der Waals surface area (Å²) >= 11 is 0. The maximum absolute atomic E-state index is 12.1. The van der Waals surface area contributed by atoms with Gasteiger partial charge < -0.3 is 10.2 Å². The Balaban J connectivity index is 2.44. The van der Waals surface area contributed by atoms with Crippen molar-refractivity contribution in [2.45, 2.75) is 5.72 Å². The number of ketones is 1. The van der Waals surface area contributed by atoms with Crippen LogP contribution in [0.5, 0.6) is 5.75 Å². The Morgan fingerprint density at radius 2 is 1.56 bits per heavy atom. The third-order valence-corrected chi connectivity index (χ3v) is 2.70. The van der Waals surface area contributed by atoms with E-state index in [1.807, 2.05) is 0 Å².